The number of likely N-dealkylation sites (N-methyl/N-ethyl adjacent to an activating group) is 1. The highest BCUT2D eigenvalue weighted by atomic mass is 19.4. The van der Waals surface area contributed by atoms with E-state index in [0.717, 1.165) is 12.1 Å². The van der Waals surface area contributed by atoms with Gasteiger partial charge in [-0.15, -0.1) is 0 Å². The Labute approximate surface area is 154 Å². The third-order valence-electron chi connectivity index (χ3n) is 4.17. The highest BCUT2D eigenvalue weighted by molar-refractivity contribution is 5.94. The van der Waals surface area contributed by atoms with Crippen LogP contribution in [0.1, 0.15) is 18.1 Å². The lowest BCUT2D eigenvalue weighted by atomic mass is 10.1. The van der Waals surface area contributed by atoms with E-state index in [9.17, 15) is 22.4 Å². The molecule has 0 spiro atoms. The minimum absolute atomic E-state index is 0.134. The standard InChI is InChI=1S/C19H20F4N2O2/c1-12(25(2)11-13-4-9-17(27-3)16(20)10-13)18(26)24-15-7-5-14(6-8-15)19(21,22)23/h4-10,12H,11H2,1-3H3,(H,24,26)/t12-/m1/s1. The summed E-state index contributed by atoms with van der Waals surface area (Å²) in [6, 6.07) is 8.16. The molecule has 0 heterocycles. The molecule has 0 aliphatic rings. The SMILES string of the molecule is COc1ccc(CN(C)[C@H](C)C(=O)Nc2ccc(C(F)(F)F)cc2)cc1F. The fourth-order valence-electron chi connectivity index (χ4n) is 2.42. The zero-order valence-electron chi connectivity index (χ0n) is 15.1. The Balaban J connectivity index is 1.98. The van der Waals surface area contributed by atoms with Crippen LogP contribution >= 0.6 is 0 Å². The van der Waals surface area contributed by atoms with Gasteiger partial charge in [0.15, 0.2) is 11.6 Å². The number of benzene rings is 2. The quantitative estimate of drug-likeness (QED) is 0.755. The van der Waals surface area contributed by atoms with E-state index in [1.807, 2.05) is 0 Å². The second-order valence-corrected chi connectivity index (χ2v) is 6.12. The molecule has 0 aromatic heterocycles. The minimum atomic E-state index is -4.43. The lowest BCUT2D eigenvalue weighted by Crippen LogP contribution is -2.39. The van der Waals surface area contributed by atoms with E-state index in [2.05, 4.69) is 5.32 Å². The smallest absolute Gasteiger partial charge is 0.416 e. The van der Waals surface area contributed by atoms with Crippen LogP contribution in [-0.2, 0) is 17.5 Å². The summed E-state index contributed by atoms with van der Waals surface area (Å²) in [5.74, 6) is -0.744. The first-order valence-electron chi connectivity index (χ1n) is 8.12. The predicted molar refractivity (Wildman–Crippen MR) is 94.0 cm³/mol. The molecule has 146 valence electrons. The zero-order chi connectivity index (χ0) is 20.2. The molecule has 2 aromatic carbocycles. The van der Waals surface area contributed by atoms with Crippen LogP contribution in [0.2, 0.25) is 0 Å². The Kier molecular flexibility index (Phi) is 6.43. The van der Waals surface area contributed by atoms with Crippen molar-refractivity contribution in [3.8, 4) is 5.75 Å². The molecular weight excluding hydrogens is 364 g/mol. The number of carbonyl (C=O) groups is 1. The summed E-state index contributed by atoms with van der Waals surface area (Å²) in [5, 5.41) is 2.57. The third-order valence-corrected chi connectivity index (χ3v) is 4.17. The van der Waals surface area contributed by atoms with Gasteiger partial charge in [-0.05, 0) is 55.9 Å². The highest BCUT2D eigenvalue weighted by Gasteiger charge is 2.30. The van der Waals surface area contributed by atoms with Crippen molar-refractivity contribution < 1.29 is 27.1 Å². The van der Waals surface area contributed by atoms with Crippen LogP contribution in [0.4, 0.5) is 23.2 Å². The van der Waals surface area contributed by atoms with Crippen LogP contribution in [0.15, 0.2) is 42.5 Å². The van der Waals surface area contributed by atoms with Crippen LogP contribution in [0, 0.1) is 5.82 Å². The van der Waals surface area contributed by atoms with E-state index in [1.54, 1.807) is 24.9 Å². The first kappa shape index (κ1) is 20.7. The number of methoxy groups -OCH3 is 1. The number of carbonyl (C=O) groups excluding carboxylic acids is 1. The molecule has 0 radical (unpaired) electrons. The van der Waals surface area contributed by atoms with Gasteiger partial charge in [0, 0.05) is 12.2 Å². The maximum absolute atomic E-state index is 13.8. The van der Waals surface area contributed by atoms with Crippen LogP contribution in [0.25, 0.3) is 0 Å². The topological polar surface area (TPSA) is 41.6 Å². The van der Waals surface area contributed by atoms with Gasteiger partial charge in [-0.25, -0.2) is 4.39 Å². The molecule has 4 nitrogen and oxygen atoms in total. The first-order chi connectivity index (χ1) is 12.6. The highest BCUT2D eigenvalue weighted by Crippen LogP contribution is 2.29. The summed E-state index contributed by atoms with van der Waals surface area (Å²) in [6.07, 6.45) is -4.43. The summed E-state index contributed by atoms with van der Waals surface area (Å²) in [6.45, 7) is 1.96. The van der Waals surface area contributed by atoms with E-state index in [4.69, 9.17) is 4.74 Å². The number of ether oxygens (including phenoxy) is 1. The molecule has 0 unspecified atom stereocenters. The van der Waals surface area contributed by atoms with E-state index in [-0.39, 0.29) is 17.3 Å². The largest absolute Gasteiger partial charge is 0.494 e. The average Bonchev–Trinajstić information content (AvgIpc) is 2.60. The van der Waals surface area contributed by atoms with Crippen molar-refractivity contribution in [3.63, 3.8) is 0 Å². The Morgan fingerprint density at radius 3 is 2.33 bits per heavy atom. The molecular formula is C19H20F4N2O2. The van der Waals surface area contributed by atoms with Gasteiger partial charge < -0.3 is 10.1 Å². The van der Waals surface area contributed by atoms with Gasteiger partial charge in [0.25, 0.3) is 0 Å². The van der Waals surface area contributed by atoms with Gasteiger partial charge in [-0.2, -0.15) is 13.2 Å². The molecule has 1 atom stereocenters. The second kappa shape index (κ2) is 8.39. The summed E-state index contributed by atoms with van der Waals surface area (Å²) >= 11 is 0. The number of halogens is 4. The molecule has 0 fully saturated rings. The van der Waals surface area contributed by atoms with Gasteiger partial charge in [0.05, 0.1) is 18.7 Å². The number of anilines is 1. The second-order valence-electron chi connectivity index (χ2n) is 6.12. The number of hydrogen-bond donors (Lipinski definition) is 1. The molecule has 0 saturated heterocycles. The molecule has 1 amide bonds. The average molecular weight is 384 g/mol. The lowest BCUT2D eigenvalue weighted by Gasteiger charge is -2.24. The van der Waals surface area contributed by atoms with Crippen molar-refractivity contribution in [1.82, 2.24) is 4.90 Å². The van der Waals surface area contributed by atoms with E-state index >= 15 is 0 Å². The Morgan fingerprint density at radius 2 is 1.81 bits per heavy atom. The lowest BCUT2D eigenvalue weighted by molar-refractivity contribution is -0.137. The van der Waals surface area contributed by atoms with Crippen LogP contribution in [0.3, 0.4) is 0 Å². The number of nitrogens with one attached hydrogen (secondary N) is 1. The van der Waals surface area contributed by atoms with E-state index in [0.29, 0.717) is 12.1 Å². The molecule has 27 heavy (non-hydrogen) atoms. The fourth-order valence-corrected chi connectivity index (χ4v) is 2.42. The maximum Gasteiger partial charge on any atom is 0.416 e. The monoisotopic (exact) mass is 384 g/mol. The number of alkyl halides is 3. The Morgan fingerprint density at radius 1 is 1.19 bits per heavy atom. The molecule has 2 aromatic rings. The number of amides is 1. The number of rotatable bonds is 6. The molecule has 0 aliphatic carbocycles. The van der Waals surface area contributed by atoms with Crippen LogP contribution in [-0.4, -0.2) is 31.0 Å². The third kappa shape index (κ3) is 5.43. The summed E-state index contributed by atoms with van der Waals surface area (Å²) in [7, 11) is 3.07. The Bertz CT molecular complexity index is 791. The van der Waals surface area contributed by atoms with Crippen molar-refractivity contribution in [1.29, 1.82) is 0 Å². The summed E-state index contributed by atoms with van der Waals surface area (Å²) in [5.41, 5.74) is 0.140. The van der Waals surface area contributed by atoms with Gasteiger partial charge in [0.2, 0.25) is 5.91 Å². The van der Waals surface area contributed by atoms with Crippen molar-refractivity contribution in [2.75, 3.05) is 19.5 Å². The van der Waals surface area contributed by atoms with Crippen molar-refractivity contribution >= 4 is 11.6 Å². The molecule has 0 aliphatic heterocycles. The summed E-state index contributed by atoms with van der Waals surface area (Å²) < 4.78 is 56.3. The predicted octanol–water partition coefficient (Wildman–Crippen LogP) is 4.31. The number of hydrogen-bond acceptors (Lipinski definition) is 3. The minimum Gasteiger partial charge on any atom is -0.494 e. The van der Waals surface area contributed by atoms with Crippen LogP contribution in [0.5, 0.6) is 5.75 Å². The normalized spacial score (nSPS) is 12.7. The van der Waals surface area contributed by atoms with Gasteiger partial charge in [-0.3, -0.25) is 9.69 Å². The molecule has 0 bridgehead atoms. The maximum atomic E-state index is 13.8. The number of nitrogens with zero attached hydrogens (tertiary/aromatic N) is 1. The van der Waals surface area contributed by atoms with Gasteiger partial charge in [-0.1, -0.05) is 6.07 Å². The Hall–Kier alpha value is -2.61. The summed E-state index contributed by atoms with van der Waals surface area (Å²) in [4.78, 5) is 14.0. The molecule has 1 N–H and O–H groups in total. The molecule has 2 rings (SSSR count). The van der Waals surface area contributed by atoms with Crippen molar-refractivity contribution in [2.24, 2.45) is 0 Å². The molecule has 0 saturated carbocycles. The molecule has 8 heteroatoms. The van der Waals surface area contributed by atoms with Gasteiger partial charge >= 0.3 is 6.18 Å². The van der Waals surface area contributed by atoms with Crippen molar-refractivity contribution in [2.45, 2.75) is 25.7 Å². The zero-order valence-corrected chi connectivity index (χ0v) is 15.1. The van der Waals surface area contributed by atoms with Crippen molar-refractivity contribution in [3.05, 3.63) is 59.4 Å². The van der Waals surface area contributed by atoms with E-state index < -0.39 is 23.6 Å². The fraction of sp³-hybridized carbons (Fsp3) is 0.316. The van der Waals surface area contributed by atoms with Crippen LogP contribution < -0.4 is 10.1 Å². The first-order valence-corrected chi connectivity index (χ1v) is 8.12. The van der Waals surface area contributed by atoms with E-state index in [1.165, 1.54) is 31.4 Å². The van der Waals surface area contributed by atoms with Gasteiger partial charge in [0.1, 0.15) is 0 Å².